The minimum absolute atomic E-state index is 0.0229. The van der Waals surface area contributed by atoms with E-state index in [0.29, 0.717) is 26.2 Å². The summed E-state index contributed by atoms with van der Waals surface area (Å²) in [5.74, 6) is 0.128. The van der Waals surface area contributed by atoms with E-state index in [-0.39, 0.29) is 17.9 Å². The Bertz CT molecular complexity index is 353. The highest BCUT2D eigenvalue weighted by Gasteiger charge is 2.28. The molecule has 0 aromatic carbocycles. The highest BCUT2D eigenvalue weighted by atomic mass is 16.5. The summed E-state index contributed by atoms with van der Waals surface area (Å²) in [6.07, 6.45) is 1.49. The number of carbonyl (C=O) groups is 2. The quantitative estimate of drug-likeness (QED) is 0.605. The minimum Gasteiger partial charge on any atom is -0.383 e. The van der Waals surface area contributed by atoms with Gasteiger partial charge < -0.3 is 25.2 Å². The molecule has 1 saturated heterocycles. The molecule has 134 valence electrons. The number of urea groups is 1. The van der Waals surface area contributed by atoms with Crippen LogP contribution < -0.4 is 10.6 Å². The molecule has 1 rings (SSSR count). The number of likely N-dealkylation sites (tertiary alicyclic amines) is 1. The number of nitrogens with zero attached hydrogens (tertiary/aromatic N) is 2. The molecule has 1 aliphatic heterocycles. The van der Waals surface area contributed by atoms with Gasteiger partial charge in [0.25, 0.3) is 0 Å². The summed E-state index contributed by atoms with van der Waals surface area (Å²) in [6, 6.07) is 0.0937. The van der Waals surface area contributed by atoms with Crippen LogP contribution in [-0.2, 0) is 9.53 Å². The summed E-state index contributed by atoms with van der Waals surface area (Å²) in [6.45, 7) is 9.60. The number of rotatable bonds is 9. The van der Waals surface area contributed by atoms with Crippen LogP contribution in [0.2, 0.25) is 0 Å². The zero-order valence-corrected chi connectivity index (χ0v) is 14.8. The predicted molar refractivity (Wildman–Crippen MR) is 90.4 cm³/mol. The second-order valence-corrected chi connectivity index (χ2v) is 5.75. The third-order valence-electron chi connectivity index (χ3n) is 4.25. The topological polar surface area (TPSA) is 73.9 Å². The van der Waals surface area contributed by atoms with E-state index >= 15 is 0 Å². The van der Waals surface area contributed by atoms with Gasteiger partial charge in [-0.1, -0.05) is 0 Å². The first-order chi connectivity index (χ1) is 11.1. The van der Waals surface area contributed by atoms with Crippen LogP contribution in [0, 0.1) is 5.92 Å². The Morgan fingerprint density at radius 3 is 2.35 bits per heavy atom. The van der Waals surface area contributed by atoms with Crippen molar-refractivity contribution in [2.75, 3.05) is 59.5 Å². The van der Waals surface area contributed by atoms with Gasteiger partial charge >= 0.3 is 6.03 Å². The molecule has 1 heterocycles. The lowest BCUT2D eigenvalue weighted by molar-refractivity contribution is -0.126. The van der Waals surface area contributed by atoms with Gasteiger partial charge in [-0.2, -0.15) is 0 Å². The van der Waals surface area contributed by atoms with Gasteiger partial charge in [0.05, 0.1) is 6.61 Å². The fraction of sp³-hybridized carbons (Fsp3) is 0.875. The van der Waals surface area contributed by atoms with Gasteiger partial charge in [-0.3, -0.25) is 4.79 Å². The van der Waals surface area contributed by atoms with Gasteiger partial charge in [0.1, 0.15) is 0 Å². The van der Waals surface area contributed by atoms with Crippen LogP contribution in [-0.4, -0.2) is 81.3 Å². The molecule has 0 bridgehead atoms. The Morgan fingerprint density at radius 2 is 1.78 bits per heavy atom. The molecular weight excluding hydrogens is 296 g/mol. The van der Waals surface area contributed by atoms with E-state index in [1.54, 1.807) is 7.11 Å². The van der Waals surface area contributed by atoms with Crippen molar-refractivity contribution in [1.82, 2.24) is 20.4 Å². The van der Waals surface area contributed by atoms with Crippen molar-refractivity contribution in [2.45, 2.75) is 26.7 Å². The number of hydrogen-bond donors (Lipinski definition) is 2. The first-order valence-corrected chi connectivity index (χ1v) is 8.65. The van der Waals surface area contributed by atoms with Gasteiger partial charge in [-0.15, -0.1) is 0 Å². The number of ether oxygens (including phenoxy) is 1. The van der Waals surface area contributed by atoms with E-state index in [9.17, 15) is 9.59 Å². The van der Waals surface area contributed by atoms with Crippen LogP contribution in [0.1, 0.15) is 26.7 Å². The third-order valence-corrected chi connectivity index (χ3v) is 4.25. The zero-order valence-electron chi connectivity index (χ0n) is 14.8. The van der Waals surface area contributed by atoms with Crippen molar-refractivity contribution in [2.24, 2.45) is 5.92 Å². The van der Waals surface area contributed by atoms with E-state index < -0.39 is 0 Å². The maximum absolute atomic E-state index is 12.3. The Morgan fingerprint density at radius 1 is 1.13 bits per heavy atom. The minimum atomic E-state index is 0.0229. The van der Waals surface area contributed by atoms with Crippen molar-refractivity contribution < 1.29 is 14.3 Å². The number of nitrogens with one attached hydrogen (secondary N) is 2. The summed E-state index contributed by atoms with van der Waals surface area (Å²) >= 11 is 0. The molecule has 23 heavy (non-hydrogen) atoms. The SMILES string of the molecule is CCN(CC)C(=O)N1CCC(C(=O)NCCNCCOC)CC1. The molecular formula is C16H32N4O3. The monoisotopic (exact) mass is 328 g/mol. The molecule has 2 N–H and O–H groups in total. The average molecular weight is 328 g/mol. The smallest absolute Gasteiger partial charge is 0.319 e. The molecule has 0 unspecified atom stereocenters. The summed E-state index contributed by atoms with van der Waals surface area (Å²) in [5.41, 5.74) is 0. The van der Waals surface area contributed by atoms with Gasteiger partial charge in [0, 0.05) is 58.8 Å². The van der Waals surface area contributed by atoms with Crippen molar-refractivity contribution >= 4 is 11.9 Å². The zero-order chi connectivity index (χ0) is 17.1. The lowest BCUT2D eigenvalue weighted by Crippen LogP contribution is -2.48. The fourth-order valence-electron chi connectivity index (χ4n) is 2.74. The summed E-state index contributed by atoms with van der Waals surface area (Å²) < 4.78 is 4.94. The van der Waals surface area contributed by atoms with Crippen molar-refractivity contribution in [3.8, 4) is 0 Å². The Labute approximate surface area is 139 Å². The van der Waals surface area contributed by atoms with Crippen LogP contribution in [0.15, 0.2) is 0 Å². The largest absolute Gasteiger partial charge is 0.383 e. The second-order valence-electron chi connectivity index (χ2n) is 5.75. The molecule has 0 saturated carbocycles. The van der Waals surface area contributed by atoms with Gasteiger partial charge in [-0.25, -0.2) is 4.79 Å². The Balaban J connectivity index is 2.22. The van der Waals surface area contributed by atoms with E-state index in [4.69, 9.17) is 4.74 Å². The van der Waals surface area contributed by atoms with Gasteiger partial charge in [0.2, 0.25) is 5.91 Å². The maximum Gasteiger partial charge on any atom is 0.319 e. The van der Waals surface area contributed by atoms with Crippen LogP contribution in [0.3, 0.4) is 0 Å². The van der Waals surface area contributed by atoms with Crippen molar-refractivity contribution in [3.05, 3.63) is 0 Å². The first kappa shape index (κ1) is 19.7. The number of hydrogen-bond acceptors (Lipinski definition) is 4. The molecule has 0 aromatic heterocycles. The maximum atomic E-state index is 12.3. The van der Waals surface area contributed by atoms with Crippen LogP contribution in [0.4, 0.5) is 4.79 Å². The molecule has 1 aliphatic rings. The van der Waals surface area contributed by atoms with E-state index in [1.165, 1.54) is 0 Å². The molecule has 7 nitrogen and oxygen atoms in total. The van der Waals surface area contributed by atoms with Crippen molar-refractivity contribution in [1.29, 1.82) is 0 Å². The molecule has 0 spiro atoms. The van der Waals surface area contributed by atoms with Gasteiger partial charge in [0.15, 0.2) is 0 Å². The van der Waals surface area contributed by atoms with E-state index in [2.05, 4.69) is 10.6 Å². The molecule has 0 atom stereocenters. The van der Waals surface area contributed by atoms with Crippen molar-refractivity contribution in [3.63, 3.8) is 0 Å². The summed E-state index contributed by atoms with van der Waals surface area (Å²) in [7, 11) is 1.67. The lowest BCUT2D eigenvalue weighted by Gasteiger charge is -2.34. The molecule has 0 aliphatic carbocycles. The Kier molecular flexibility index (Phi) is 9.63. The first-order valence-electron chi connectivity index (χ1n) is 8.65. The third kappa shape index (κ3) is 6.74. The van der Waals surface area contributed by atoms with E-state index in [1.807, 2.05) is 23.6 Å². The highest BCUT2D eigenvalue weighted by molar-refractivity contribution is 5.79. The second kappa shape index (κ2) is 11.2. The number of piperidine rings is 1. The summed E-state index contributed by atoms with van der Waals surface area (Å²) in [4.78, 5) is 28.1. The molecule has 7 heteroatoms. The molecule has 0 radical (unpaired) electrons. The molecule has 3 amide bonds. The predicted octanol–water partition coefficient (Wildman–Crippen LogP) is 0.512. The molecule has 1 fully saturated rings. The normalized spacial score (nSPS) is 15.5. The average Bonchev–Trinajstić information content (AvgIpc) is 2.59. The van der Waals surface area contributed by atoms with E-state index in [0.717, 1.165) is 39.0 Å². The molecule has 0 aromatic rings. The fourth-order valence-corrected chi connectivity index (χ4v) is 2.74. The number of amides is 3. The standard InChI is InChI=1S/C16H32N4O3/c1-4-19(5-2)16(22)20-11-6-14(7-12-20)15(21)18-9-8-17-10-13-23-3/h14,17H,4-13H2,1-3H3,(H,18,21). The lowest BCUT2D eigenvalue weighted by atomic mass is 9.96. The van der Waals surface area contributed by atoms with Crippen LogP contribution in [0.5, 0.6) is 0 Å². The van der Waals surface area contributed by atoms with Crippen LogP contribution in [0.25, 0.3) is 0 Å². The van der Waals surface area contributed by atoms with Crippen LogP contribution >= 0.6 is 0 Å². The number of methoxy groups -OCH3 is 1. The number of carbonyl (C=O) groups excluding carboxylic acids is 2. The summed E-state index contributed by atoms with van der Waals surface area (Å²) in [5, 5.41) is 6.16. The Hall–Kier alpha value is -1.34. The highest BCUT2D eigenvalue weighted by Crippen LogP contribution is 2.18. The van der Waals surface area contributed by atoms with Gasteiger partial charge in [-0.05, 0) is 26.7 Å².